The van der Waals surface area contributed by atoms with Gasteiger partial charge in [0.25, 0.3) is 0 Å². The quantitative estimate of drug-likeness (QED) is 0.616. The predicted molar refractivity (Wildman–Crippen MR) is 63.6 cm³/mol. The summed E-state index contributed by atoms with van der Waals surface area (Å²) in [5, 5.41) is 9.02. The van der Waals surface area contributed by atoms with Gasteiger partial charge in [-0.25, -0.2) is 4.79 Å². The minimum absolute atomic E-state index is 0.311. The Balaban J connectivity index is 2.90. The molecule has 0 bridgehead atoms. The van der Waals surface area contributed by atoms with Gasteiger partial charge in [-0.05, 0) is 25.0 Å². The molecule has 1 aromatic rings. The summed E-state index contributed by atoms with van der Waals surface area (Å²) in [4.78, 5) is 11.0. The average molecular weight is 243 g/mol. The molecule has 0 saturated heterocycles. The highest BCUT2D eigenvalue weighted by molar-refractivity contribution is 6.17. The van der Waals surface area contributed by atoms with Crippen molar-refractivity contribution in [2.24, 2.45) is 0 Å². The molecule has 0 aliphatic carbocycles. The fourth-order valence-electron chi connectivity index (χ4n) is 1.50. The Kier molecular flexibility index (Phi) is 5.12. The van der Waals surface area contributed by atoms with Crippen LogP contribution in [0.15, 0.2) is 18.2 Å². The summed E-state index contributed by atoms with van der Waals surface area (Å²) in [6.07, 6.45) is 1.39. The van der Waals surface area contributed by atoms with Crippen molar-refractivity contribution in [3.8, 4) is 5.75 Å². The molecule has 0 amide bonds. The van der Waals surface area contributed by atoms with Crippen LogP contribution in [0.4, 0.5) is 0 Å². The summed E-state index contributed by atoms with van der Waals surface area (Å²) in [6, 6.07) is 5.08. The van der Waals surface area contributed by atoms with Crippen molar-refractivity contribution in [1.82, 2.24) is 0 Å². The Labute approximate surface area is 100.0 Å². The van der Waals surface area contributed by atoms with Gasteiger partial charge in [-0.15, -0.1) is 11.6 Å². The van der Waals surface area contributed by atoms with Gasteiger partial charge in [-0.1, -0.05) is 13.0 Å². The number of aromatic carboxylic acids is 1. The molecule has 1 N–H and O–H groups in total. The van der Waals surface area contributed by atoms with Crippen molar-refractivity contribution in [2.45, 2.75) is 19.8 Å². The van der Waals surface area contributed by atoms with Gasteiger partial charge < -0.3 is 9.84 Å². The van der Waals surface area contributed by atoms with Crippen molar-refractivity contribution >= 4 is 17.6 Å². The second-order valence-corrected chi connectivity index (χ2v) is 3.71. The van der Waals surface area contributed by atoms with E-state index < -0.39 is 5.97 Å². The fourth-order valence-corrected chi connectivity index (χ4v) is 1.61. The average Bonchev–Trinajstić information content (AvgIpc) is 2.29. The summed E-state index contributed by atoms with van der Waals surface area (Å²) in [6.45, 7) is 2.43. The maximum absolute atomic E-state index is 11.0. The second-order valence-electron chi connectivity index (χ2n) is 3.33. The molecule has 0 atom stereocenters. The first-order chi connectivity index (χ1) is 7.70. The zero-order valence-corrected chi connectivity index (χ0v) is 9.96. The lowest BCUT2D eigenvalue weighted by Gasteiger charge is -2.11. The van der Waals surface area contributed by atoms with E-state index in [2.05, 4.69) is 0 Å². The van der Waals surface area contributed by atoms with Crippen LogP contribution in [-0.4, -0.2) is 23.6 Å². The van der Waals surface area contributed by atoms with Crippen LogP contribution in [0.3, 0.4) is 0 Å². The summed E-state index contributed by atoms with van der Waals surface area (Å²) in [5.74, 6) is 0.271. The van der Waals surface area contributed by atoms with Crippen LogP contribution in [0.1, 0.15) is 29.3 Å². The molecular formula is C12H15ClO3. The lowest BCUT2D eigenvalue weighted by Crippen LogP contribution is -2.06. The molecule has 1 rings (SSSR count). The Morgan fingerprint density at radius 1 is 1.50 bits per heavy atom. The Morgan fingerprint density at radius 3 is 2.81 bits per heavy atom. The third-order valence-corrected chi connectivity index (χ3v) is 2.52. The van der Waals surface area contributed by atoms with Gasteiger partial charge in [-0.2, -0.15) is 0 Å². The van der Waals surface area contributed by atoms with E-state index in [1.807, 2.05) is 6.92 Å². The van der Waals surface area contributed by atoms with Crippen molar-refractivity contribution in [1.29, 1.82) is 0 Å². The van der Waals surface area contributed by atoms with E-state index in [4.69, 9.17) is 21.4 Å². The highest BCUT2D eigenvalue weighted by Crippen LogP contribution is 2.23. The Morgan fingerprint density at radius 2 is 2.25 bits per heavy atom. The lowest BCUT2D eigenvalue weighted by molar-refractivity contribution is 0.0695. The number of hydrogen-bond acceptors (Lipinski definition) is 2. The van der Waals surface area contributed by atoms with Crippen molar-refractivity contribution in [3.05, 3.63) is 29.3 Å². The number of carboxylic acid groups (broad SMARTS) is 1. The maximum Gasteiger partial charge on any atom is 0.336 e. The van der Waals surface area contributed by atoms with Crippen LogP contribution >= 0.6 is 11.6 Å². The Bertz CT molecular complexity index is 363. The van der Waals surface area contributed by atoms with Gasteiger partial charge in [0.2, 0.25) is 0 Å². The normalized spacial score (nSPS) is 10.1. The monoisotopic (exact) mass is 242 g/mol. The minimum atomic E-state index is -0.917. The SMILES string of the molecule is CCc1c(OCCCCl)cccc1C(=O)O. The van der Waals surface area contributed by atoms with Crippen LogP contribution in [0.25, 0.3) is 0 Å². The van der Waals surface area contributed by atoms with Crippen LogP contribution in [0, 0.1) is 0 Å². The number of hydrogen-bond donors (Lipinski definition) is 1. The number of carbonyl (C=O) groups is 1. The summed E-state index contributed by atoms with van der Waals surface area (Å²) < 4.78 is 5.51. The molecule has 0 heterocycles. The number of benzene rings is 1. The molecule has 16 heavy (non-hydrogen) atoms. The second kappa shape index (κ2) is 6.38. The first-order valence-electron chi connectivity index (χ1n) is 5.24. The number of halogens is 1. The van der Waals surface area contributed by atoms with Gasteiger partial charge in [-0.3, -0.25) is 0 Å². The van der Waals surface area contributed by atoms with Crippen LogP contribution in [-0.2, 0) is 6.42 Å². The van der Waals surface area contributed by atoms with E-state index >= 15 is 0 Å². The molecule has 0 spiro atoms. The Hall–Kier alpha value is -1.22. The molecule has 0 unspecified atom stereocenters. The zero-order chi connectivity index (χ0) is 12.0. The predicted octanol–water partition coefficient (Wildman–Crippen LogP) is 2.95. The third kappa shape index (κ3) is 3.14. The molecule has 0 aliphatic heterocycles. The van der Waals surface area contributed by atoms with Crippen LogP contribution < -0.4 is 4.74 Å². The highest BCUT2D eigenvalue weighted by atomic mass is 35.5. The van der Waals surface area contributed by atoms with Gasteiger partial charge in [0, 0.05) is 11.4 Å². The lowest BCUT2D eigenvalue weighted by atomic mass is 10.0. The third-order valence-electron chi connectivity index (χ3n) is 2.25. The van der Waals surface area contributed by atoms with Crippen molar-refractivity contribution in [3.63, 3.8) is 0 Å². The zero-order valence-electron chi connectivity index (χ0n) is 9.20. The van der Waals surface area contributed by atoms with Gasteiger partial charge >= 0.3 is 5.97 Å². The molecule has 0 aliphatic rings. The smallest absolute Gasteiger partial charge is 0.336 e. The first-order valence-corrected chi connectivity index (χ1v) is 5.78. The van der Waals surface area contributed by atoms with E-state index in [-0.39, 0.29) is 0 Å². The van der Waals surface area contributed by atoms with Crippen molar-refractivity contribution in [2.75, 3.05) is 12.5 Å². The topological polar surface area (TPSA) is 46.5 Å². The molecule has 0 fully saturated rings. The van der Waals surface area contributed by atoms with E-state index in [9.17, 15) is 4.79 Å². The molecule has 0 aromatic heterocycles. The van der Waals surface area contributed by atoms with Gasteiger partial charge in [0.05, 0.1) is 12.2 Å². The summed E-state index contributed by atoms with van der Waals surface area (Å²) in [5.41, 5.74) is 1.05. The highest BCUT2D eigenvalue weighted by Gasteiger charge is 2.12. The number of rotatable bonds is 6. The molecule has 0 radical (unpaired) electrons. The molecule has 0 saturated carbocycles. The number of ether oxygens (including phenoxy) is 1. The van der Waals surface area contributed by atoms with E-state index in [0.29, 0.717) is 30.2 Å². The molecule has 4 heteroatoms. The van der Waals surface area contributed by atoms with Crippen molar-refractivity contribution < 1.29 is 14.6 Å². The first kappa shape index (κ1) is 12.8. The largest absolute Gasteiger partial charge is 0.493 e. The minimum Gasteiger partial charge on any atom is -0.493 e. The van der Waals surface area contributed by atoms with Crippen LogP contribution in [0.5, 0.6) is 5.75 Å². The van der Waals surface area contributed by atoms with E-state index in [1.165, 1.54) is 0 Å². The molecular weight excluding hydrogens is 228 g/mol. The number of alkyl halides is 1. The fraction of sp³-hybridized carbons (Fsp3) is 0.417. The summed E-state index contributed by atoms with van der Waals surface area (Å²) in [7, 11) is 0. The van der Waals surface area contributed by atoms with E-state index in [1.54, 1.807) is 18.2 Å². The summed E-state index contributed by atoms with van der Waals surface area (Å²) >= 11 is 5.55. The van der Waals surface area contributed by atoms with Gasteiger partial charge in [0.1, 0.15) is 5.75 Å². The maximum atomic E-state index is 11.0. The molecule has 1 aromatic carbocycles. The molecule has 3 nitrogen and oxygen atoms in total. The van der Waals surface area contributed by atoms with Gasteiger partial charge in [0.15, 0.2) is 0 Å². The standard InChI is InChI=1S/C12H15ClO3/c1-2-9-10(12(14)15)5-3-6-11(9)16-8-4-7-13/h3,5-6H,2,4,7-8H2,1H3,(H,14,15). The van der Waals surface area contributed by atoms with Crippen LogP contribution in [0.2, 0.25) is 0 Å². The molecule has 88 valence electrons. The number of carboxylic acids is 1. The van der Waals surface area contributed by atoms with E-state index in [0.717, 1.165) is 12.0 Å².